The fourth-order valence-corrected chi connectivity index (χ4v) is 1.28. The molecule has 0 bridgehead atoms. The van der Waals surface area contributed by atoms with Gasteiger partial charge in [-0.2, -0.15) is 5.10 Å². The summed E-state index contributed by atoms with van der Waals surface area (Å²) in [4.78, 5) is 19.2. The molecular weight excluding hydrogens is 286 g/mol. The van der Waals surface area contributed by atoms with Crippen LogP contribution in [0.5, 0.6) is 0 Å². The third kappa shape index (κ3) is 2.88. The Balaban J connectivity index is 2.11. The van der Waals surface area contributed by atoms with Gasteiger partial charge in [0.2, 0.25) is 5.91 Å². The van der Waals surface area contributed by atoms with Crippen LogP contribution in [0.25, 0.3) is 5.82 Å². The Labute approximate surface area is 106 Å². The first kappa shape index (κ1) is 11.7. The van der Waals surface area contributed by atoms with Gasteiger partial charge >= 0.3 is 0 Å². The van der Waals surface area contributed by atoms with Crippen molar-refractivity contribution in [3.63, 3.8) is 0 Å². The SMILES string of the molecule is CC(Br)C(=O)Nc1ccc(-n2cncn2)nc1. The number of nitrogens with zero attached hydrogens (tertiary/aromatic N) is 4. The summed E-state index contributed by atoms with van der Waals surface area (Å²) in [5.74, 6) is 0.535. The third-order valence-electron chi connectivity index (χ3n) is 2.03. The van der Waals surface area contributed by atoms with Crippen LogP contribution in [0.1, 0.15) is 6.92 Å². The van der Waals surface area contributed by atoms with Gasteiger partial charge in [-0.05, 0) is 19.1 Å². The van der Waals surface area contributed by atoms with Crippen molar-refractivity contribution in [2.75, 3.05) is 5.32 Å². The number of pyridine rings is 1. The molecule has 0 saturated carbocycles. The van der Waals surface area contributed by atoms with Gasteiger partial charge in [0, 0.05) is 0 Å². The summed E-state index contributed by atoms with van der Waals surface area (Å²) in [7, 11) is 0. The summed E-state index contributed by atoms with van der Waals surface area (Å²) < 4.78 is 1.54. The van der Waals surface area contributed by atoms with E-state index in [0.717, 1.165) is 0 Å². The van der Waals surface area contributed by atoms with Crippen molar-refractivity contribution >= 4 is 27.5 Å². The fraction of sp³-hybridized carbons (Fsp3) is 0.200. The van der Waals surface area contributed by atoms with E-state index >= 15 is 0 Å². The van der Waals surface area contributed by atoms with E-state index in [1.165, 1.54) is 6.33 Å². The largest absolute Gasteiger partial charge is 0.324 e. The Hall–Kier alpha value is -1.76. The van der Waals surface area contributed by atoms with Crippen molar-refractivity contribution in [2.45, 2.75) is 11.8 Å². The minimum atomic E-state index is -0.238. The summed E-state index contributed by atoms with van der Waals surface area (Å²) in [6, 6.07) is 3.51. The summed E-state index contributed by atoms with van der Waals surface area (Å²) in [5, 5.41) is 6.67. The molecule has 88 valence electrons. The molecule has 0 aliphatic rings. The number of amides is 1. The van der Waals surface area contributed by atoms with E-state index in [1.807, 2.05) is 0 Å². The van der Waals surface area contributed by atoms with E-state index in [1.54, 1.807) is 36.3 Å². The second-order valence-corrected chi connectivity index (χ2v) is 4.72. The number of nitrogens with one attached hydrogen (secondary N) is 1. The molecule has 1 N–H and O–H groups in total. The van der Waals surface area contributed by atoms with E-state index in [-0.39, 0.29) is 10.7 Å². The summed E-state index contributed by atoms with van der Waals surface area (Å²) in [6.45, 7) is 1.76. The molecule has 0 aliphatic carbocycles. The van der Waals surface area contributed by atoms with Crippen LogP contribution in [-0.2, 0) is 4.79 Å². The average Bonchev–Trinajstić information content (AvgIpc) is 2.83. The first-order chi connectivity index (χ1) is 8.16. The number of alkyl halides is 1. The number of carbonyl (C=O) groups is 1. The molecule has 0 fully saturated rings. The van der Waals surface area contributed by atoms with Crippen LogP contribution < -0.4 is 5.32 Å². The number of aromatic nitrogens is 4. The predicted molar refractivity (Wildman–Crippen MR) is 66.2 cm³/mol. The predicted octanol–water partition coefficient (Wildman–Crippen LogP) is 1.38. The second kappa shape index (κ2) is 5.05. The molecule has 1 amide bonds. The molecule has 2 aromatic rings. The van der Waals surface area contributed by atoms with Crippen molar-refractivity contribution in [1.29, 1.82) is 0 Å². The highest BCUT2D eigenvalue weighted by Gasteiger charge is 2.08. The number of anilines is 1. The molecule has 2 aromatic heterocycles. The zero-order valence-corrected chi connectivity index (χ0v) is 10.6. The lowest BCUT2D eigenvalue weighted by atomic mass is 10.3. The summed E-state index contributed by atoms with van der Waals surface area (Å²) in [5.41, 5.74) is 0.644. The molecule has 6 nitrogen and oxygen atoms in total. The highest BCUT2D eigenvalue weighted by molar-refractivity contribution is 9.10. The Morgan fingerprint density at radius 2 is 2.35 bits per heavy atom. The molecule has 0 spiro atoms. The van der Waals surface area contributed by atoms with Gasteiger partial charge in [-0.25, -0.2) is 14.6 Å². The minimum Gasteiger partial charge on any atom is -0.324 e. The highest BCUT2D eigenvalue weighted by Crippen LogP contribution is 2.10. The van der Waals surface area contributed by atoms with Crippen LogP contribution in [0.15, 0.2) is 31.0 Å². The molecule has 0 aromatic carbocycles. The lowest BCUT2D eigenvalue weighted by molar-refractivity contribution is -0.115. The van der Waals surface area contributed by atoms with Gasteiger partial charge in [0.1, 0.15) is 12.7 Å². The van der Waals surface area contributed by atoms with Crippen LogP contribution >= 0.6 is 15.9 Å². The smallest absolute Gasteiger partial charge is 0.237 e. The highest BCUT2D eigenvalue weighted by atomic mass is 79.9. The van der Waals surface area contributed by atoms with Gasteiger partial charge in [-0.1, -0.05) is 15.9 Å². The Morgan fingerprint density at radius 1 is 1.53 bits per heavy atom. The molecule has 7 heteroatoms. The van der Waals surface area contributed by atoms with Crippen molar-refractivity contribution in [3.05, 3.63) is 31.0 Å². The Bertz CT molecular complexity index is 494. The van der Waals surface area contributed by atoms with Crippen molar-refractivity contribution in [3.8, 4) is 5.82 Å². The molecule has 2 heterocycles. The zero-order chi connectivity index (χ0) is 12.3. The van der Waals surface area contributed by atoms with E-state index in [2.05, 4.69) is 36.3 Å². The molecule has 1 atom stereocenters. The summed E-state index contributed by atoms with van der Waals surface area (Å²) in [6.07, 6.45) is 4.56. The molecule has 17 heavy (non-hydrogen) atoms. The van der Waals surface area contributed by atoms with Crippen LogP contribution in [0.2, 0.25) is 0 Å². The van der Waals surface area contributed by atoms with E-state index < -0.39 is 0 Å². The molecular formula is C10H10BrN5O. The normalized spacial score (nSPS) is 12.1. The standard InChI is InChI=1S/C10H10BrN5O/c1-7(11)10(17)15-8-2-3-9(13-4-8)16-6-12-5-14-16/h2-7H,1H3,(H,15,17). The maximum atomic E-state index is 11.4. The second-order valence-electron chi connectivity index (χ2n) is 3.35. The lowest BCUT2D eigenvalue weighted by Gasteiger charge is -2.06. The minimum absolute atomic E-state index is 0.111. The number of halogens is 1. The number of rotatable bonds is 3. The van der Waals surface area contributed by atoms with Gasteiger partial charge in [0.25, 0.3) is 0 Å². The van der Waals surface area contributed by atoms with Gasteiger partial charge in [0.05, 0.1) is 16.7 Å². The van der Waals surface area contributed by atoms with Crippen LogP contribution in [0.4, 0.5) is 5.69 Å². The number of hydrogen-bond donors (Lipinski definition) is 1. The van der Waals surface area contributed by atoms with E-state index in [0.29, 0.717) is 11.5 Å². The molecule has 0 aliphatic heterocycles. The third-order valence-corrected chi connectivity index (χ3v) is 2.45. The average molecular weight is 296 g/mol. The van der Waals surface area contributed by atoms with Crippen molar-refractivity contribution in [2.24, 2.45) is 0 Å². The zero-order valence-electron chi connectivity index (χ0n) is 9.04. The van der Waals surface area contributed by atoms with E-state index in [9.17, 15) is 4.79 Å². The van der Waals surface area contributed by atoms with Gasteiger partial charge in [0.15, 0.2) is 5.82 Å². The first-order valence-corrected chi connectivity index (χ1v) is 5.84. The molecule has 2 rings (SSSR count). The van der Waals surface area contributed by atoms with Crippen LogP contribution in [0.3, 0.4) is 0 Å². The number of carbonyl (C=O) groups excluding carboxylic acids is 1. The Kier molecular flexibility index (Phi) is 3.48. The monoisotopic (exact) mass is 295 g/mol. The van der Waals surface area contributed by atoms with Gasteiger partial charge < -0.3 is 5.32 Å². The lowest BCUT2D eigenvalue weighted by Crippen LogP contribution is -2.20. The maximum Gasteiger partial charge on any atom is 0.237 e. The molecule has 0 saturated heterocycles. The van der Waals surface area contributed by atoms with Crippen LogP contribution in [-0.4, -0.2) is 30.5 Å². The maximum absolute atomic E-state index is 11.4. The fourth-order valence-electron chi connectivity index (χ4n) is 1.16. The van der Waals surface area contributed by atoms with Crippen molar-refractivity contribution in [1.82, 2.24) is 19.7 Å². The first-order valence-electron chi connectivity index (χ1n) is 4.93. The van der Waals surface area contributed by atoms with E-state index in [4.69, 9.17) is 0 Å². The van der Waals surface area contributed by atoms with Gasteiger partial charge in [-0.3, -0.25) is 4.79 Å². The molecule has 0 radical (unpaired) electrons. The van der Waals surface area contributed by atoms with Gasteiger partial charge in [-0.15, -0.1) is 0 Å². The van der Waals surface area contributed by atoms with Crippen molar-refractivity contribution < 1.29 is 4.79 Å². The topological polar surface area (TPSA) is 72.7 Å². The molecule has 1 unspecified atom stereocenters. The summed E-state index contributed by atoms with van der Waals surface area (Å²) >= 11 is 3.19. The van der Waals surface area contributed by atoms with Crippen LogP contribution in [0, 0.1) is 0 Å². The number of hydrogen-bond acceptors (Lipinski definition) is 4. The quantitative estimate of drug-likeness (QED) is 0.869. The Morgan fingerprint density at radius 3 is 2.88 bits per heavy atom.